The quantitative estimate of drug-likeness (QED) is 0.430. The number of hydrogen-bond acceptors (Lipinski definition) is 2. The maximum atomic E-state index is 6.00. The summed E-state index contributed by atoms with van der Waals surface area (Å²) in [6, 6.07) is 9.04. The Morgan fingerprint density at radius 1 is 1.33 bits per heavy atom. The smallest absolute Gasteiger partial charge is 0.191 e. The monoisotopic (exact) mass is 441 g/mol. The highest BCUT2D eigenvalue weighted by Gasteiger charge is 2.66. The Balaban J connectivity index is 0.00000169. The van der Waals surface area contributed by atoms with Crippen LogP contribution < -0.4 is 10.6 Å². The van der Waals surface area contributed by atoms with Crippen molar-refractivity contribution in [3.05, 3.63) is 35.4 Å². The summed E-state index contributed by atoms with van der Waals surface area (Å²) in [5.74, 6) is 1.60. The largest absolute Gasteiger partial charge is 0.377 e. The van der Waals surface area contributed by atoms with Crippen LogP contribution in [0.5, 0.6) is 0 Å². The van der Waals surface area contributed by atoms with E-state index in [0.717, 1.165) is 19.1 Å². The van der Waals surface area contributed by atoms with Crippen molar-refractivity contribution >= 4 is 29.9 Å². The van der Waals surface area contributed by atoms with Gasteiger partial charge in [0.2, 0.25) is 0 Å². The van der Waals surface area contributed by atoms with E-state index in [4.69, 9.17) is 4.74 Å². The fourth-order valence-corrected chi connectivity index (χ4v) is 4.79. The molecule has 24 heavy (non-hydrogen) atoms. The van der Waals surface area contributed by atoms with Gasteiger partial charge in [-0.2, -0.15) is 0 Å². The van der Waals surface area contributed by atoms with Gasteiger partial charge < -0.3 is 15.4 Å². The number of guanidine groups is 1. The lowest BCUT2D eigenvalue weighted by atomic mass is 9.46. The van der Waals surface area contributed by atoms with Gasteiger partial charge in [0.25, 0.3) is 0 Å². The zero-order chi connectivity index (χ0) is 15.9. The third-order valence-corrected chi connectivity index (χ3v) is 6.26. The number of hydrogen-bond donors (Lipinski definition) is 2. The highest BCUT2D eigenvalue weighted by molar-refractivity contribution is 14.0. The van der Waals surface area contributed by atoms with Crippen molar-refractivity contribution in [2.45, 2.75) is 51.3 Å². The van der Waals surface area contributed by atoms with Crippen molar-refractivity contribution < 1.29 is 4.74 Å². The van der Waals surface area contributed by atoms with Gasteiger partial charge in [0.05, 0.1) is 6.10 Å². The number of aliphatic imine (C=N–C) groups is 1. The number of ether oxygens (including phenoxy) is 1. The number of fused-ring (bicyclic) bond motifs is 2. The predicted octanol–water partition coefficient (Wildman–Crippen LogP) is 3.24. The molecule has 3 aliphatic rings. The lowest BCUT2D eigenvalue weighted by molar-refractivity contribution is -0.171. The first-order chi connectivity index (χ1) is 11.2. The summed E-state index contributed by atoms with van der Waals surface area (Å²) in [7, 11) is 1.86. The molecule has 2 saturated carbocycles. The highest BCUT2D eigenvalue weighted by Crippen LogP contribution is 2.62. The van der Waals surface area contributed by atoms with E-state index in [0.29, 0.717) is 23.5 Å². The molecule has 132 valence electrons. The summed E-state index contributed by atoms with van der Waals surface area (Å²) in [5, 5.41) is 7.21. The van der Waals surface area contributed by atoms with Crippen LogP contribution in [0.3, 0.4) is 0 Å². The summed E-state index contributed by atoms with van der Waals surface area (Å²) < 4.78 is 6.00. The summed E-state index contributed by atoms with van der Waals surface area (Å²) in [5.41, 5.74) is 3.03. The van der Waals surface area contributed by atoms with Crippen LogP contribution in [0, 0.1) is 18.3 Å². The van der Waals surface area contributed by atoms with Crippen molar-refractivity contribution in [2.24, 2.45) is 16.3 Å². The second-order valence-electron chi connectivity index (χ2n) is 7.30. The maximum absolute atomic E-state index is 6.00. The van der Waals surface area contributed by atoms with E-state index in [1.807, 2.05) is 7.05 Å². The fourth-order valence-electron chi connectivity index (χ4n) is 4.79. The van der Waals surface area contributed by atoms with E-state index < -0.39 is 0 Å². The first-order valence-corrected chi connectivity index (χ1v) is 8.88. The summed E-state index contributed by atoms with van der Waals surface area (Å²) >= 11 is 0. The minimum Gasteiger partial charge on any atom is -0.377 e. The number of nitrogens with one attached hydrogen (secondary N) is 2. The molecular weight excluding hydrogens is 413 g/mol. The molecule has 1 saturated heterocycles. The van der Waals surface area contributed by atoms with Crippen molar-refractivity contribution in [1.82, 2.24) is 10.6 Å². The Labute approximate surface area is 161 Å². The van der Waals surface area contributed by atoms with Gasteiger partial charge in [-0.05, 0) is 37.3 Å². The lowest BCUT2D eigenvalue weighted by Crippen LogP contribution is -2.72. The van der Waals surface area contributed by atoms with Crippen molar-refractivity contribution in [2.75, 3.05) is 13.7 Å². The molecule has 1 aliphatic heterocycles. The van der Waals surface area contributed by atoms with Crippen LogP contribution in [-0.2, 0) is 11.3 Å². The Kier molecular flexibility index (Phi) is 5.39. The molecule has 5 heteroatoms. The van der Waals surface area contributed by atoms with Crippen molar-refractivity contribution in [1.29, 1.82) is 0 Å². The maximum Gasteiger partial charge on any atom is 0.191 e. The molecule has 3 atom stereocenters. The van der Waals surface area contributed by atoms with E-state index in [9.17, 15) is 0 Å². The zero-order valence-corrected chi connectivity index (χ0v) is 16.9. The van der Waals surface area contributed by atoms with Crippen LogP contribution in [0.15, 0.2) is 29.3 Å². The number of aryl methyl sites for hydroxylation is 1. The summed E-state index contributed by atoms with van der Waals surface area (Å²) in [4.78, 5) is 4.45. The molecule has 3 unspecified atom stereocenters. The molecule has 0 bridgehead atoms. The number of rotatable bonds is 3. The predicted molar refractivity (Wildman–Crippen MR) is 108 cm³/mol. The third-order valence-electron chi connectivity index (χ3n) is 6.26. The second-order valence-corrected chi connectivity index (χ2v) is 7.30. The second kappa shape index (κ2) is 7.20. The number of halogens is 1. The fraction of sp³-hybridized carbons (Fsp3) is 0.632. The van der Waals surface area contributed by atoms with Crippen LogP contribution in [0.1, 0.15) is 36.8 Å². The topological polar surface area (TPSA) is 45.7 Å². The Morgan fingerprint density at radius 3 is 2.79 bits per heavy atom. The molecular formula is C19H28IN3O. The van der Waals surface area contributed by atoms with Gasteiger partial charge >= 0.3 is 0 Å². The van der Waals surface area contributed by atoms with Gasteiger partial charge in [0.15, 0.2) is 5.96 Å². The Morgan fingerprint density at radius 2 is 2.12 bits per heavy atom. The van der Waals surface area contributed by atoms with Crippen LogP contribution in [-0.4, -0.2) is 31.8 Å². The van der Waals surface area contributed by atoms with E-state index >= 15 is 0 Å². The molecule has 1 heterocycles. The average molecular weight is 441 g/mol. The molecule has 4 nitrogen and oxygen atoms in total. The molecule has 0 aromatic heterocycles. The first kappa shape index (κ1) is 18.0. The third kappa shape index (κ3) is 2.83. The van der Waals surface area contributed by atoms with E-state index in [2.05, 4.69) is 46.8 Å². The molecule has 4 rings (SSSR count). The van der Waals surface area contributed by atoms with Gasteiger partial charge in [-0.3, -0.25) is 4.99 Å². The minimum atomic E-state index is 0. The highest BCUT2D eigenvalue weighted by atomic mass is 127. The van der Waals surface area contributed by atoms with Crippen LogP contribution in [0.25, 0.3) is 0 Å². The van der Waals surface area contributed by atoms with Gasteiger partial charge in [-0.15, -0.1) is 24.0 Å². The molecule has 2 N–H and O–H groups in total. The number of nitrogens with zero attached hydrogens (tertiary/aromatic N) is 1. The van der Waals surface area contributed by atoms with E-state index in [1.165, 1.54) is 36.8 Å². The Hall–Kier alpha value is -0.820. The number of benzene rings is 1. The SMILES string of the molecule is CN=C(NCc1ccccc1C)NC1C2CCOC2C12CCC2.I. The van der Waals surface area contributed by atoms with Crippen molar-refractivity contribution in [3.63, 3.8) is 0 Å². The zero-order valence-electron chi connectivity index (χ0n) is 14.5. The lowest BCUT2D eigenvalue weighted by Gasteiger charge is -2.63. The van der Waals surface area contributed by atoms with Crippen LogP contribution in [0.4, 0.5) is 0 Å². The molecule has 1 spiro atoms. The molecule has 0 amide bonds. The van der Waals surface area contributed by atoms with Crippen LogP contribution in [0.2, 0.25) is 0 Å². The normalized spacial score (nSPS) is 29.9. The summed E-state index contributed by atoms with van der Waals surface area (Å²) in [6.45, 7) is 3.91. The van der Waals surface area contributed by atoms with Gasteiger partial charge in [-0.25, -0.2) is 0 Å². The summed E-state index contributed by atoms with van der Waals surface area (Å²) in [6.07, 6.45) is 5.66. The van der Waals surface area contributed by atoms with Gasteiger partial charge in [-0.1, -0.05) is 30.7 Å². The molecule has 2 aliphatic carbocycles. The molecule has 0 radical (unpaired) electrons. The Bertz CT molecular complexity index is 614. The van der Waals surface area contributed by atoms with E-state index in [1.54, 1.807) is 0 Å². The average Bonchev–Trinajstić information content (AvgIpc) is 2.92. The minimum absolute atomic E-state index is 0. The van der Waals surface area contributed by atoms with Crippen LogP contribution >= 0.6 is 24.0 Å². The van der Waals surface area contributed by atoms with Gasteiger partial charge in [0.1, 0.15) is 0 Å². The van der Waals surface area contributed by atoms with E-state index in [-0.39, 0.29) is 24.0 Å². The first-order valence-electron chi connectivity index (χ1n) is 8.88. The standard InChI is InChI=1S/C19H27N3O.HI/c1-13-6-3-4-7-14(13)12-21-18(20-2)22-16-15-8-11-23-17(15)19(16)9-5-10-19;/h3-4,6-7,15-17H,5,8-12H2,1-2H3,(H2,20,21,22);1H. The molecule has 1 aromatic carbocycles. The van der Waals surface area contributed by atoms with Crippen molar-refractivity contribution in [3.8, 4) is 0 Å². The van der Waals surface area contributed by atoms with Gasteiger partial charge in [0, 0.05) is 37.6 Å². The molecule has 3 fully saturated rings. The molecule has 1 aromatic rings.